The quantitative estimate of drug-likeness (QED) is 0.768. The molecule has 0 amide bonds. The van der Waals surface area contributed by atoms with Crippen LogP contribution in [0.4, 0.5) is 0 Å². The van der Waals surface area contributed by atoms with Crippen molar-refractivity contribution in [3.63, 3.8) is 0 Å². The second kappa shape index (κ2) is 5.55. The van der Waals surface area contributed by atoms with Gasteiger partial charge in [-0.1, -0.05) is 12.1 Å². The summed E-state index contributed by atoms with van der Waals surface area (Å²) in [6.45, 7) is 3.05. The van der Waals surface area contributed by atoms with Crippen molar-refractivity contribution in [2.45, 2.75) is 19.4 Å². The Kier molecular flexibility index (Phi) is 3.62. The van der Waals surface area contributed by atoms with E-state index in [0.717, 1.165) is 29.3 Å². The Labute approximate surface area is 116 Å². The minimum Gasteiger partial charge on any atom is -0.469 e. The first kappa shape index (κ1) is 12.4. The summed E-state index contributed by atoms with van der Waals surface area (Å²) in [6.07, 6.45) is 2.62. The Morgan fingerprint density at radius 2 is 2.16 bits per heavy atom. The van der Waals surface area contributed by atoms with Crippen molar-refractivity contribution in [2.75, 3.05) is 6.54 Å². The normalized spacial score (nSPS) is 12.9. The molecule has 3 rings (SSSR count). The summed E-state index contributed by atoms with van der Waals surface area (Å²) in [6, 6.07) is 12.5. The second-order valence-corrected chi connectivity index (χ2v) is 5.59. The number of nitrogens with one attached hydrogen (secondary N) is 1. The predicted molar refractivity (Wildman–Crippen MR) is 78.4 cm³/mol. The molecule has 19 heavy (non-hydrogen) atoms. The van der Waals surface area contributed by atoms with E-state index in [1.54, 1.807) is 17.6 Å². The molecule has 3 aromatic rings. The lowest BCUT2D eigenvalue weighted by molar-refractivity contribution is 0.486. The molecule has 0 radical (unpaired) electrons. The average Bonchev–Trinajstić information content (AvgIpc) is 3.07. The Morgan fingerprint density at radius 3 is 2.95 bits per heavy atom. The zero-order valence-electron chi connectivity index (χ0n) is 10.8. The van der Waals surface area contributed by atoms with Crippen LogP contribution in [0.5, 0.6) is 0 Å². The number of rotatable bonds is 5. The second-order valence-electron chi connectivity index (χ2n) is 4.53. The lowest BCUT2D eigenvalue weighted by Crippen LogP contribution is -2.21. The predicted octanol–water partition coefficient (Wildman–Crippen LogP) is 3.78. The molecule has 0 aliphatic heterocycles. The van der Waals surface area contributed by atoms with E-state index in [1.807, 2.05) is 18.2 Å². The van der Waals surface area contributed by atoms with Gasteiger partial charge in [-0.15, -0.1) is 11.3 Å². The Bertz CT molecular complexity index is 612. The maximum atomic E-state index is 5.32. The highest BCUT2D eigenvalue weighted by Crippen LogP contribution is 2.25. The van der Waals surface area contributed by atoms with E-state index in [0.29, 0.717) is 0 Å². The minimum absolute atomic E-state index is 0.271. The summed E-state index contributed by atoms with van der Waals surface area (Å²) < 4.78 is 6.56. The van der Waals surface area contributed by atoms with Crippen molar-refractivity contribution in [3.8, 4) is 0 Å². The van der Waals surface area contributed by atoms with Crippen molar-refractivity contribution in [1.29, 1.82) is 0 Å². The third-order valence-corrected chi connectivity index (χ3v) is 4.30. The van der Waals surface area contributed by atoms with Crippen LogP contribution in [0.25, 0.3) is 10.2 Å². The summed E-state index contributed by atoms with van der Waals surface area (Å²) >= 11 is 1.76. The van der Waals surface area contributed by atoms with E-state index < -0.39 is 0 Å². The maximum absolute atomic E-state index is 5.32. The summed E-state index contributed by atoms with van der Waals surface area (Å²) in [5, 5.41) is 4.63. The molecule has 0 fully saturated rings. The van der Waals surface area contributed by atoms with E-state index >= 15 is 0 Å². The first-order chi connectivity index (χ1) is 9.33. The minimum atomic E-state index is 0.271. The molecule has 0 saturated heterocycles. The van der Waals surface area contributed by atoms with Gasteiger partial charge in [0, 0.05) is 13.0 Å². The molecule has 1 N–H and O–H groups in total. The van der Waals surface area contributed by atoms with Gasteiger partial charge in [-0.05, 0) is 31.2 Å². The number of furan rings is 1. The lowest BCUT2D eigenvalue weighted by atomic mass is 10.3. The highest BCUT2D eigenvalue weighted by atomic mass is 32.1. The van der Waals surface area contributed by atoms with Gasteiger partial charge in [0.25, 0.3) is 0 Å². The zero-order chi connectivity index (χ0) is 13.1. The van der Waals surface area contributed by atoms with Gasteiger partial charge in [0.05, 0.1) is 22.5 Å². The third kappa shape index (κ3) is 2.85. The summed E-state index contributed by atoms with van der Waals surface area (Å²) in [5.74, 6) is 1.02. The van der Waals surface area contributed by atoms with Crippen LogP contribution >= 0.6 is 11.3 Å². The number of benzene rings is 1. The fourth-order valence-electron chi connectivity index (χ4n) is 2.03. The van der Waals surface area contributed by atoms with Crippen LogP contribution in [0.1, 0.15) is 23.7 Å². The smallest absolute Gasteiger partial charge is 0.111 e. The first-order valence-electron chi connectivity index (χ1n) is 6.44. The zero-order valence-corrected chi connectivity index (χ0v) is 11.6. The van der Waals surface area contributed by atoms with E-state index in [9.17, 15) is 0 Å². The molecule has 0 aliphatic rings. The number of fused-ring (bicyclic) bond motifs is 1. The van der Waals surface area contributed by atoms with Crippen molar-refractivity contribution < 1.29 is 4.42 Å². The average molecular weight is 272 g/mol. The van der Waals surface area contributed by atoms with Gasteiger partial charge in [-0.2, -0.15) is 0 Å². The van der Waals surface area contributed by atoms with Crippen LogP contribution in [0.15, 0.2) is 47.1 Å². The first-order valence-corrected chi connectivity index (χ1v) is 7.26. The Hall–Kier alpha value is -1.65. The van der Waals surface area contributed by atoms with E-state index in [2.05, 4.69) is 35.4 Å². The maximum Gasteiger partial charge on any atom is 0.111 e. The monoisotopic (exact) mass is 272 g/mol. The standard InChI is InChI=1S/C15H16N2OS/c1-11(16-9-8-12-5-4-10-18-12)15-17-13-6-2-3-7-14(13)19-15/h2-7,10-11,16H,8-9H2,1H3. The SMILES string of the molecule is CC(NCCc1ccco1)c1nc2ccccc2s1. The topological polar surface area (TPSA) is 38.1 Å². The number of thiazole rings is 1. The molecule has 0 saturated carbocycles. The summed E-state index contributed by atoms with van der Waals surface area (Å²) in [5.41, 5.74) is 1.09. The van der Waals surface area contributed by atoms with Gasteiger partial charge in [-0.25, -0.2) is 4.98 Å². The molecule has 2 heterocycles. The molecule has 0 spiro atoms. The fraction of sp³-hybridized carbons (Fsp3) is 0.267. The molecule has 1 aromatic carbocycles. The molecule has 98 valence electrons. The highest BCUT2D eigenvalue weighted by molar-refractivity contribution is 7.18. The van der Waals surface area contributed by atoms with Crippen molar-refractivity contribution in [1.82, 2.24) is 10.3 Å². The highest BCUT2D eigenvalue weighted by Gasteiger charge is 2.10. The van der Waals surface area contributed by atoms with Gasteiger partial charge >= 0.3 is 0 Å². The lowest BCUT2D eigenvalue weighted by Gasteiger charge is -2.09. The van der Waals surface area contributed by atoms with Gasteiger partial charge < -0.3 is 9.73 Å². The van der Waals surface area contributed by atoms with Crippen LogP contribution < -0.4 is 5.32 Å². The van der Waals surface area contributed by atoms with E-state index in [-0.39, 0.29) is 6.04 Å². The van der Waals surface area contributed by atoms with Crippen LogP contribution in [0.3, 0.4) is 0 Å². The Morgan fingerprint density at radius 1 is 1.26 bits per heavy atom. The van der Waals surface area contributed by atoms with Crippen molar-refractivity contribution >= 4 is 21.6 Å². The number of para-hydroxylation sites is 1. The number of aromatic nitrogens is 1. The largest absolute Gasteiger partial charge is 0.469 e. The number of hydrogen-bond acceptors (Lipinski definition) is 4. The van der Waals surface area contributed by atoms with Crippen molar-refractivity contribution in [3.05, 3.63) is 53.4 Å². The molecule has 0 aliphatic carbocycles. The van der Waals surface area contributed by atoms with Crippen molar-refractivity contribution in [2.24, 2.45) is 0 Å². The van der Waals surface area contributed by atoms with Crippen LogP contribution in [0, 0.1) is 0 Å². The molecule has 0 bridgehead atoms. The Balaban J connectivity index is 1.61. The van der Waals surface area contributed by atoms with E-state index in [4.69, 9.17) is 4.42 Å². The number of nitrogens with zero attached hydrogens (tertiary/aromatic N) is 1. The molecular formula is C15H16N2OS. The van der Waals surface area contributed by atoms with Gasteiger partial charge in [-0.3, -0.25) is 0 Å². The van der Waals surface area contributed by atoms with Crippen LogP contribution in [-0.4, -0.2) is 11.5 Å². The molecule has 3 nitrogen and oxygen atoms in total. The van der Waals surface area contributed by atoms with Gasteiger partial charge in [0.2, 0.25) is 0 Å². The molecule has 4 heteroatoms. The molecule has 1 unspecified atom stereocenters. The molecule has 2 aromatic heterocycles. The van der Waals surface area contributed by atoms with Crippen LogP contribution in [-0.2, 0) is 6.42 Å². The summed E-state index contributed by atoms with van der Waals surface area (Å²) in [7, 11) is 0. The molecule has 1 atom stereocenters. The van der Waals surface area contributed by atoms with Gasteiger partial charge in [0.1, 0.15) is 10.8 Å². The van der Waals surface area contributed by atoms with E-state index in [1.165, 1.54) is 4.70 Å². The summed E-state index contributed by atoms with van der Waals surface area (Å²) in [4.78, 5) is 4.66. The third-order valence-electron chi connectivity index (χ3n) is 3.08. The molecular weight excluding hydrogens is 256 g/mol. The fourth-order valence-corrected chi connectivity index (χ4v) is 3.02. The van der Waals surface area contributed by atoms with Gasteiger partial charge in [0.15, 0.2) is 0 Å². The number of hydrogen-bond donors (Lipinski definition) is 1. The van der Waals surface area contributed by atoms with Crippen LogP contribution in [0.2, 0.25) is 0 Å².